The van der Waals surface area contributed by atoms with Crippen molar-refractivity contribution in [3.05, 3.63) is 35.4 Å². The summed E-state index contributed by atoms with van der Waals surface area (Å²) >= 11 is 0. The molecule has 4 heteroatoms. The van der Waals surface area contributed by atoms with Crippen molar-refractivity contribution >= 4 is 5.91 Å². The van der Waals surface area contributed by atoms with Crippen LogP contribution in [0.15, 0.2) is 24.3 Å². The van der Waals surface area contributed by atoms with Crippen molar-refractivity contribution in [2.45, 2.75) is 26.3 Å². The predicted molar refractivity (Wildman–Crippen MR) is 86.8 cm³/mol. The Morgan fingerprint density at radius 3 is 2.59 bits per heavy atom. The molecule has 1 atom stereocenters. The fraction of sp³-hybridized carbons (Fsp3) is 0.611. The van der Waals surface area contributed by atoms with Crippen LogP contribution in [0.1, 0.15) is 35.7 Å². The second-order valence-corrected chi connectivity index (χ2v) is 6.58. The van der Waals surface area contributed by atoms with E-state index in [4.69, 9.17) is 4.74 Å². The van der Waals surface area contributed by atoms with Gasteiger partial charge in [0.2, 0.25) is 0 Å². The fourth-order valence-electron chi connectivity index (χ4n) is 3.33. The van der Waals surface area contributed by atoms with E-state index in [-0.39, 0.29) is 5.91 Å². The smallest absolute Gasteiger partial charge is 0.253 e. The van der Waals surface area contributed by atoms with E-state index in [1.165, 1.54) is 12.0 Å². The second kappa shape index (κ2) is 7.25. The maximum absolute atomic E-state index is 12.5. The van der Waals surface area contributed by atoms with Crippen LogP contribution in [0, 0.1) is 5.92 Å². The standard InChI is InChI=1S/C18H26N2O2/c1-15-3-2-8-20(13-15)18(21)17-6-4-16(5-7-17)14-19-9-11-22-12-10-19/h4-7,15H,2-3,8-14H2,1H3. The molecule has 1 aromatic carbocycles. The summed E-state index contributed by atoms with van der Waals surface area (Å²) in [4.78, 5) is 16.9. The second-order valence-electron chi connectivity index (χ2n) is 6.58. The average molecular weight is 302 g/mol. The van der Waals surface area contributed by atoms with Gasteiger partial charge in [0.1, 0.15) is 0 Å². The summed E-state index contributed by atoms with van der Waals surface area (Å²) in [7, 11) is 0. The number of morpholine rings is 1. The third-order valence-electron chi connectivity index (χ3n) is 4.66. The lowest BCUT2D eigenvalue weighted by molar-refractivity contribution is 0.0342. The Labute approximate surface area is 133 Å². The first-order valence-electron chi connectivity index (χ1n) is 8.40. The number of rotatable bonds is 3. The highest BCUT2D eigenvalue weighted by molar-refractivity contribution is 5.94. The lowest BCUT2D eigenvalue weighted by atomic mass is 9.99. The molecule has 2 saturated heterocycles. The molecule has 0 aromatic heterocycles. The lowest BCUT2D eigenvalue weighted by Gasteiger charge is -2.31. The van der Waals surface area contributed by atoms with E-state index in [1.54, 1.807) is 0 Å². The molecular weight excluding hydrogens is 276 g/mol. The maximum atomic E-state index is 12.5. The van der Waals surface area contributed by atoms with Gasteiger partial charge in [0, 0.05) is 38.3 Å². The first kappa shape index (κ1) is 15.5. The van der Waals surface area contributed by atoms with E-state index in [9.17, 15) is 4.79 Å². The number of hydrogen-bond acceptors (Lipinski definition) is 3. The zero-order chi connectivity index (χ0) is 15.4. The monoisotopic (exact) mass is 302 g/mol. The van der Waals surface area contributed by atoms with Crippen molar-refractivity contribution < 1.29 is 9.53 Å². The first-order chi connectivity index (χ1) is 10.7. The van der Waals surface area contributed by atoms with Crippen LogP contribution in [0.2, 0.25) is 0 Å². The summed E-state index contributed by atoms with van der Waals surface area (Å²) in [5.74, 6) is 0.808. The SMILES string of the molecule is CC1CCCN(C(=O)c2ccc(CN3CCOCC3)cc2)C1. The molecule has 4 nitrogen and oxygen atoms in total. The molecule has 120 valence electrons. The zero-order valence-corrected chi connectivity index (χ0v) is 13.5. The van der Waals surface area contributed by atoms with Crippen LogP contribution in [0.3, 0.4) is 0 Å². The highest BCUT2D eigenvalue weighted by atomic mass is 16.5. The van der Waals surface area contributed by atoms with E-state index < -0.39 is 0 Å². The molecular formula is C18H26N2O2. The third-order valence-corrected chi connectivity index (χ3v) is 4.66. The number of piperidine rings is 1. The third kappa shape index (κ3) is 3.87. The van der Waals surface area contributed by atoms with Crippen LogP contribution in [0.25, 0.3) is 0 Å². The van der Waals surface area contributed by atoms with Gasteiger partial charge in [-0.15, -0.1) is 0 Å². The van der Waals surface area contributed by atoms with Crippen molar-refractivity contribution in [1.82, 2.24) is 9.80 Å². The molecule has 1 amide bonds. The molecule has 1 unspecified atom stereocenters. The Balaban J connectivity index is 1.59. The molecule has 2 aliphatic heterocycles. The van der Waals surface area contributed by atoms with E-state index in [2.05, 4.69) is 24.0 Å². The lowest BCUT2D eigenvalue weighted by Crippen LogP contribution is -2.39. The van der Waals surface area contributed by atoms with Gasteiger partial charge in [-0.1, -0.05) is 19.1 Å². The Kier molecular flexibility index (Phi) is 5.11. The summed E-state index contributed by atoms with van der Waals surface area (Å²) in [6, 6.07) is 8.15. The number of hydrogen-bond donors (Lipinski definition) is 0. The largest absolute Gasteiger partial charge is 0.379 e. The molecule has 0 aliphatic carbocycles. The Morgan fingerprint density at radius 1 is 1.18 bits per heavy atom. The van der Waals surface area contributed by atoms with E-state index in [1.807, 2.05) is 17.0 Å². The van der Waals surface area contributed by atoms with Gasteiger partial charge in [-0.25, -0.2) is 0 Å². The molecule has 0 saturated carbocycles. The minimum absolute atomic E-state index is 0.185. The van der Waals surface area contributed by atoms with Gasteiger partial charge in [-0.05, 0) is 36.5 Å². The molecule has 1 aromatic rings. The average Bonchev–Trinajstić information content (AvgIpc) is 2.56. The van der Waals surface area contributed by atoms with Crippen LogP contribution in [0.4, 0.5) is 0 Å². The Morgan fingerprint density at radius 2 is 1.91 bits per heavy atom. The summed E-state index contributed by atoms with van der Waals surface area (Å²) in [5, 5.41) is 0. The van der Waals surface area contributed by atoms with E-state index in [0.717, 1.165) is 57.9 Å². The van der Waals surface area contributed by atoms with Crippen LogP contribution >= 0.6 is 0 Å². The van der Waals surface area contributed by atoms with Crippen molar-refractivity contribution in [2.24, 2.45) is 5.92 Å². The van der Waals surface area contributed by atoms with Gasteiger partial charge in [0.25, 0.3) is 5.91 Å². The van der Waals surface area contributed by atoms with E-state index >= 15 is 0 Å². The van der Waals surface area contributed by atoms with Crippen molar-refractivity contribution in [3.8, 4) is 0 Å². The highest BCUT2D eigenvalue weighted by Gasteiger charge is 2.22. The summed E-state index contributed by atoms with van der Waals surface area (Å²) in [6.07, 6.45) is 2.37. The van der Waals surface area contributed by atoms with Crippen LogP contribution < -0.4 is 0 Å². The molecule has 0 bridgehead atoms. The summed E-state index contributed by atoms with van der Waals surface area (Å²) in [6.45, 7) is 8.60. The Hall–Kier alpha value is -1.39. The molecule has 2 aliphatic rings. The van der Waals surface area contributed by atoms with E-state index in [0.29, 0.717) is 5.92 Å². The maximum Gasteiger partial charge on any atom is 0.253 e. The van der Waals surface area contributed by atoms with Gasteiger partial charge in [0.05, 0.1) is 13.2 Å². The fourth-order valence-corrected chi connectivity index (χ4v) is 3.33. The van der Waals surface area contributed by atoms with Crippen molar-refractivity contribution in [2.75, 3.05) is 39.4 Å². The predicted octanol–water partition coefficient (Wildman–Crippen LogP) is 2.39. The number of likely N-dealkylation sites (tertiary alicyclic amines) is 1. The number of nitrogens with zero attached hydrogens (tertiary/aromatic N) is 2. The van der Waals surface area contributed by atoms with Crippen LogP contribution in [-0.4, -0.2) is 55.1 Å². The van der Waals surface area contributed by atoms with Crippen molar-refractivity contribution in [1.29, 1.82) is 0 Å². The minimum Gasteiger partial charge on any atom is -0.379 e. The number of carbonyl (C=O) groups excluding carboxylic acids is 1. The normalized spacial score (nSPS) is 23.5. The number of carbonyl (C=O) groups is 1. The molecule has 2 heterocycles. The molecule has 0 spiro atoms. The first-order valence-corrected chi connectivity index (χ1v) is 8.40. The number of ether oxygens (including phenoxy) is 1. The quantitative estimate of drug-likeness (QED) is 0.859. The summed E-state index contributed by atoms with van der Waals surface area (Å²) in [5.41, 5.74) is 2.09. The van der Waals surface area contributed by atoms with Crippen molar-refractivity contribution in [3.63, 3.8) is 0 Å². The Bertz CT molecular complexity index is 494. The van der Waals surface area contributed by atoms with Gasteiger partial charge in [-0.3, -0.25) is 9.69 Å². The summed E-state index contributed by atoms with van der Waals surface area (Å²) < 4.78 is 5.37. The molecule has 3 rings (SSSR count). The van der Waals surface area contributed by atoms with Gasteiger partial charge < -0.3 is 9.64 Å². The molecule has 22 heavy (non-hydrogen) atoms. The van der Waals surface area contributed by atoms with Gasteiger partial charge in [-0.2, -0.15) is 0 Å². The topological polar surface area (TPSA) is 32.8 Å². The highest BCUT2D eigenvalue weighted by Crippen LogP contribution is 2.18. The van der Waals surface area contributed by atoms with Crippen LogP contribution in [-0.2, 0) is 11.3 Å². The molecule has 0 radical (unpaired) electrons. The number of benzene rings is 1. The van der Waals surface area contributed by atoms with Gasteiger partial charge in [0.15, 0.2) is 0 Å². The van der Waals surface area contributed by atoms with Crippen LogP contribution in [0.5, 0.6) is 0 Å². The number of amides is 1. The molecule has 0 N–H and O–H groups in total. The molecule has 2 fully saturated rings. The zero-order valence-electron chi connectivity index (χ0n) is 13.5. The minimum atomic E-state index is 0.185. The van der Waals surface area contributed by atoms with Gasteiger partial charge >= 0.3 is 0 Å².